The van der Waals surface area contributed by atoms with Gasteiger partial charge in [-0.3, -0.25) is 4.79 Å². The topological polar surface area (TPSA) is 72.9 Å². The lowest BCUT2D eigenvalue weighted by Gasteiger charge is -2.18. The number of hydrogen-bond acceptors (Lipinski definition) is 5. The molecular formula is C12H14ClNO5S. The predicted octanol–water partition coefficient (Wildman–Crippen LogP) is 1.38. The fourth-order valence-electron chi connectivity index (χ4n) is 2.06. The Balaban J connectivity index is 2.34. The molecule has 1 fully saturated rings. The van der Waals surface area contributed by atoms with Gasteiger partial charge in [0.15, 0.2) is 0 Å². The van der Waals surface area contributed by atoms with Crippen LogP contribution in [0.25, 0.3) is 0 Å². The molecule has 1 atom stereocenters. The molecule has 8 heteroatoms. The Morgan fingerprint density at radius 1 is 1.20 bits per heavy atom. The highest BCUT2D eigenvalue weighted by atomic mass is 35.7. The Bertz CT molecular complexity index is 608. The zero-order chi connectivity index (χ0) is 14.9. The SMILES string of the molecule is COc1cc(OC)cc(N2CC(S(=O)(=O)Cl)CC2=O)c1. The lowest BCUT2D eigenvalue weighted by molar-refractivity contribution is -0.117. The summed E-state index contributed by atoms with van der Waals surface area (Å²) in [6, 6.07) is 4.95. The molecule has 20 heavy (non-hydrogen) atoms. The molecule has 0 saturated carbocycles. The molecule has 1 aromatic rings. The van der Waals surface area contributed by atoms with E-state index < -0.39 is 14.3 Å². The number of amides is 1. The first-order valence-corrected chi connectivity index (χ1v) is 8.19. The predicted molar refractivity (Wildman–Crippen MR) is 75.1 cm³/mol. The highest BCUT2D eigenvalue weighted by Gasteiger charge is 2.38. The van der Waals surface area contributed by atoms with Gasteiger partial charge in [0.25, 0.3) is 0 Å². The number of nitrogens with zero attached hydrogens (tertiary/aromatic N) is 1. The van der Waals surface area contributed by atoms with Gasteiger partial charge in [-0.2, -0.15) is 0 Å². The van der Waals surface area contributed by atoms with Gasteiger partial charge < -0.3 is 14.4 Å². The lowest BCUT2D eigenvalue weighted by atomic mass is 10.2. The van der Waals surface area contributed by atoms with Crippen LogP contribution in [0.4, 0.5) is 5.69 Å². The molecule has 0 aliphatic carbocycles. The van der Waals surface area contributed by atoms with Gasteiger partial charge in [0, 0.05) is 41.8 Å². The average Bonchev–Trinajstić information content (AvgIpc) is 2.80. The van der Waals surface area contributed by atoms with Gasteiger partial charge in [0.2, 0.25) is 15.0 Å². The third-order valence-corrected chi connectivity index (χ3v) is 5.00. The Morgan fingerprint density at radius 3 is 2.15 bits per heavy atom. The molecule has 0 N–H and O–H groups in total. The number of carbonyl (C=O) groups is 1. The van der Waals surface area contributed by atoms with Crippen molar-refractivity contribution in [2.24, 2.45) is 0 Å². The summed E-state index contributed by atoms with van der Waals surface area (Å²) >= 11 is 0. The summed E-state index contributed by atoms with van der Waals surface area (Å²) in [5.74, 6) is 0.739. The molecule has 0 radical (unpaired) electrons. The van der Waals surface area contributed by atoms with Crippen LogP contribution < -0.4 is 14.4 Å². The number of ether oxygens (including phenoxy) is 2. The van der Waals surface area contributed by atoms with Crippen molar-refractivity contribution in [3.63, 3.8) is 0 Å². The van der Waals surface area contributed by atoms with Crippen molar-refractivity contribution in [1.29, 1.82) is 0 Å². The van der Waals surface area contributed by atoms with Crippen LogP contribution in [0.2, 0.25) is 0 Å². The Kier molecular flexibility index (Phi) is 4.10. The molecule has 0 spiro atoms. The Labute approximate surface area is 121 Å². The zero-order valence-electron chi connectivity index (χ0n) is 11.0. The fourth-order valence-corrected chi connectivity index (χ4v) is 3.09. The van der Waals surface area contributed by atoms with Crippen molar-refractivity contribution in [1.82, 2.24) is 0 Å². The van der Waals surface area contributed by atoms with Gasteiger partial charge in [0.1, 0.15) is 16.7 Å². The first-order valence-electron chi connectivity index (χ1n) is 5.82. The number of hydrogen-bond donors (Lipinski definition) is 0. The molecule has 0 aromatic heterocycles. The van der Waals surface area contributed by atoms with E-state index in [4.69, 9.17) is 20.2 Å². The van der Waals surface area contributed by atoms with E-state index in [0.29, 0.717) is 17.2 Å². The van der Waals surface area contributed by atoms with Crippen molar-refractivity contribution in [3.05, 3.63) is 18.2 Å². The van der Waals surface area contributed by atoms with Crippen molar-refractivity contribution in [3.8, 4) is 11.5 Å². The van der Waals surface area contributed by atoms with Crippen molar-refractivity contribution in [2.45, 2.75) is 11.7 Å². The summed E-state index contributed by atoms with van der Waals surface area (Å²) in [5.41, 5.74) is 0.522. The van der Waals surface area contributed by atoms with Crippen molar-refractivity contribution in [2.75, 3.05) is 25.7 Å². The van der Waals surface area contributed by atoms with Crippen LogP contribution in [-0.2, 0) is 13.8 Å². The second-order valence-corrected chi connectivity index (χ2v) is 7.29. The third kappa shape index (κ3) is 2.99. The van der Waals surface area contributed by atoms with Crippen LogP contribution in [-0.4, -0.2) is 40.3 Å². The monoisotopic (exact) mass is 319 g/mol. The van der Waals surface area contributed by atoms with Crippen LogP contribution in [0.15, 0.2) is 18.2 Å². The summed E-state index contributed by atoms with van der Waals surface area (Å²) in [6.45, 7) is 0.0288. The molecule has 6 nitrogen and oxygen atoms in total. The van der Waals surface area contributed by atoms with Gasteiger partial charge in [-0.25, -0.2) is 8.42 Å². The second kappa shape index (κ2) is 5.49. The third-order valence-electron chi connectivity index (χ3n) is 3.14. The first-order chi connectivity index (χ1) is 9.35. The van der Waals surface area contributed by atoms with E-state index in [1.54, 1.807) is 18.2 Å². The zero-order valence-corrected chi connectivity index (χ0v) is 12.6. The van der Waals surface area contributed by atoms with Crippen LogP contribution >= 0.6 is 10.7 Å². The quantitative estimate of drug-likeness (QED) is 0.784. The number of rotatable bonds is 4. The van der Waals surface area contributed by atoms with Crippen LogP contribution in [0.5, 0.6) is 11.5 Å². The number of halogens is 1. The van der Waals surface area contributed by atoms with Crippen molar-refractivity contribution < 1.29 is 22.7 Å². The number of anilines is 1. The second-order valence-electron chi connectivity index (χ2n) is 4.38. The summed E-state index contributed by atoms with van der Waals surface area (Å²) in [5, 5.41) is -0.895. The standard InChI is InChI=1S/C12H14ClNO5S/c1-18-9-3-8(4-10(5-9)19-2)14-7-11(6-12(14)15)20(13,16)17/h3-5,11H,6-7H2,1-2H3. The molecule has 1 heterocycles. The van der Waals surface area contributed by atoms with Crippen LogP contribution in [0, 0.1) is 0 Å². The normalized spacial score (nSPS) is 19.2. The molecule has 2 rings (SSSR count). The highest BCUT2D eigenvalue weighted by molar-refractivity contribution is 8.14. The fraction of sp³-hybridized carbons (Fsp3) is 0.417. The van der Waals surface area contributed by atoms with E-state index >= 15 is 0 Å². The number of methoxy groups -OCH3 is 2. The first kappa shape index (κ1) is 14.9. The van der Waals surface area contributed by atoms with Gasteiger partial charge in [-0.15, -0.1) is 0 Å². The maximum absolute atomic E-state index is 12.0. The maximum atomic E-state index is 12.0. The van der Waals surface area contributed by atoms with E-state index in [1.165, 1.54) is 19.1 Å². The van der Waals surface area contributed by atoms with Gasteiger partial charge in [-0.1, -0.05) is 0 Å². The van der Waals surface area contributed by atoms with E-state index in [0.717, 1.165) is 0 Å². The summed E-state index contributed by atoms with van der Waals surface area (Å²) < 4.78 is 32.9. The van der Waals surface area contributed by atoms with E-state index in [-0.39, 0.29) is 18.9 Å². The maximum Gasteiger partial charge on any atom is 0.237 e. The smallest absolute Gasteiger partial charge is 0.237 e. The highest BCUT2D eigenvalue weighted by Crippen LogP contribution is 2.32. The largest absolute Gasteiger partial charge is 0.497 e. The molecule has 1 unspecified atom stereocenters. The lowest BCUT2D eigenvalue weighted by Crippen LogP contribution is -2.26. The minimum Gasteiger partial charge on any atom is -0.497 e. The molecule has 1 amide bonds. The van der Waals surface area contributed by atoms with E-state index in [2.05, 4.69) is 0 Å². The molecule has 1 aliphatic rings. The number of carbonyl (C=O) groups excluding carboxylic acids is 1. The van der Waals surface area contributed by atoms with Crippen LogP contribution in [0.3, 0.4) is 0 Å². The molecule has 1 aliphatic heterocycles. The van der Waals surface area contributed by atoms with Crippen molar-refractivity contribution >= 4 is 31.3 Å². The van der Waals surface area contributed by atoms with Gasteiger partial charge in [-0.05, 0) is 0 Å². The summed E-state index contributed by atoms with van der Waals surface area (Å²) in [4.78, 5) is 13.3. The van der Waals surface area contributed by atoms with Gasteiger partial charge >= 0.3 is 0 Å². The number of benzene rings is 1. The minimum atomic E-state index is -3.76. The average molecular weight is 320 g/mol. The van der Waals surface area contributed by atoms with E-state index in [9.17, 15) is 13.2 Å². The molecule has 1 aromatic carbocycles. The van der Waals surface area contributed by atoms with Crippen LogP contribution in [0.1, 0.15) is 6.42 Å². The molecule has 0 bridgehead atoms. The minimum absolute atomic E-state index is 0.0288. The molecule has 110 valence electrons. The summed E-state index contributed by atoms with van der Waals surface area (Å²) in [7, 11) is 4.55. The Morgan fingerprint density at radius 2 is 1.75 bits per heavy atom. The Hall–Kier alpha value is -1.47. The summed E-state index contributed by atoms with van der Waals surface area (Å²) in [6.07, 6.45) is -0.120. The molecular weight excluding hydrogens is 306 g/mol. The van der Waals surface area contributed by atoms with Gasteiger partial charge in [0.05, 0.1) is 19.9 Å². The van der Waals surface area contributed by atoms with E-state index in [1.807, 2.05) is 0 Å². The molecule has 1 saturated heterocycles.